The highest BCUT2D eigenvalue weighted by atomic mass is 32.2. The molecule has 0 aliphatic heterocycles. The third-order valence-corrected chi connectivity index (χ3v) is 10.1. The summed E-state index contributed by atoms with van der Waals surface area (Å²) >= 11 is 0. The van der Waals surface area contributed by atoms with E-state index in [1.54, 1.807) is 38.6 Å². The second-order valence-corrected chi connectivity index (χ2v) is 13.0. The van der Waals surface area contributed by atoms with Crippen LogP contribution in [0.2, 0.25) is 0 Å². The van der Waals surface area contributed by atoms with Crippen LogP contribution in [-0.4, -0.2) is 43.7 Å². The second-order valence-electron chi connectivity index (χ2n) is 11.0. The van der Waals surface area contributed by atoms with Crippen LogP contribution in [0, 0.1) is 6.92 Å². The van der Waals surface area contributed by atoms with E-state index in [1.807, 2.05) is 73.3 Å². The maximum absolute atomic E-state index is 14.2. The number of pyridine rings is 1. The summed E-state index contributed by atoms with van der Waals surface area (Å²) in [6, 6.07) is 25.0. The minimum absolute atomic E-state index is 0.277. The van der Waals surface area contributed by atoms with E-state index in [2.05, 4.69) is 27.4 Å². The van der Waals surface area contributed by atoms with E-state index in [1.165, 1.54) is 5.56 Å². The number of hydrogen-bond acceptors (Lipinski definition) is 6. The number of rotatable bonds is 11. The highest BCUT2D eigenvalue weighted by Gasteiger charge is 2.31. The number of ether oxygens (including phenoxy) is 2. The molecule has 8 nitrogen and oxygen atoms in total. The van der Waals surface area contributed by atoms with E-state index < -0.39 is 15.2 Å². The molecule has 44 heavy (non-hydrogen) atoms. The number of aryl methyl sites for hydroxylation is 3. The highest BCUT2D eigenvalue weighted by Crippen LogP contribution is 2.40. The maximum atomic E-state index is 14.2. The molecule has 2 N–H and O–H groups in total. The molecule has 0 saturated heterocycles. The maximum Gasteiger partial charge on any atom is 0.198 e. The quantitative estimate of drug-likeness (QED) is 0.158. The van der Waals surface area contributed by atoms with Crippen molar-refractivity contribution in [3.8, 4) is 22.8 Å². The average Bonchev–Trinajstić information content (AvgIpc) is 3.61. The van der Waals surface area contributed by atoms with Gasteiger partial charge >= 0.3 is 0 Å². The predicted octanol–water partition coefficient (Wildman–Crippen LogP) is 6.74. The summed E-state index contributed by atoms with van der Waals surface area (Å²) in [6.07, 6.45) is 5.34. The summed E-state index contributed by atoms with van der Waals surface area (Å²) in [5, 5.41) is 4.15. The fourth-order valence-corrected chi connectivity index (χ4v) is 7.43. The highest BCUT2D eigenvalue weighted by molar-refractivity contribution is 7.91. The number of hydrogen-bond donors (Lipinski definition) is 2. The van der Waals surface area contributed by atoms with Gasteiger partial charge in [0.2, 0.25) is 0 Å². The van der Waals surface area contributed by atoms with Crippen LogP contribution >= 0.6 is 0 Å². The lowest BCUT2D eigenvalue weighted by atomic mass is 10.1. The van der Waals surface area contributed by atoms with E-state index in [0.29, 0.717) is 29.3 Å². The smallest absolute Gasteiger partial charge is 0.198 e. The summed E-state index contributed by atoms with van der Waals surface area (Å²) in [4.78, 5) is 8.32. The van der Waals surface area contributed by atoms with Crippen molar-refractivity contribution in [2.45, 2.75) is 30.0 Å². The number of H-pyrrole nitrogens is 1. The molecule has 226 valence electrons. The Morgan fingerprint density at radius 3 is 2.39 bits per heavy atom. The molecule has 0 spiro atoms. The predicted molar refractivity (Wildman–Crippen MR) is 175 cm³/mol. The van der Waals surface area contributed by atoms with E-state index in [-0.39, 0.29) is 4.90 Å². The molecule has 3 aromatic heterocycles. The Balaban J connectivity index is 1.42. The lowest BCUT2D eigenvalue weighted by Crippen LogP contribution is -2.30. The molecular formula is C35H36N4O4S. The van der Waals surface area contributed by atoms with Gasteiger partial charge in [-0.2, -0.15) is 0 Å². The van der Waals surface area contributed by atoms with Gasteiger partial charge in [0, 0.05) is 47.5 Å². The summed E-state index contributed by atoms with van der Waals surface area (Å²) in [5.74, 6) is 1.28. The van der Waals surface area contributed by atoms with Crippen LogP contribution in [0.5, 0.6) is 11.5 Å². The molecule has 9 heteroatoms. The molecule has 0 aliphatic carbocycles. The van der Waals surface area contributed by atoms with Crippen molar-refractivity contribution in [1.82, 2.24) is 19.9 Å². The van der Waals surface area contributed by atoms with Gasteiger partial charge in [0.15, 0.2) is 21.3 Å². The van der Waals surface area contributed by atoms with Crippen LogP contribution in [-0.2, 0) is 23.3 Å². The molecule has 0 aliphatic rings. The number of aromatic nitrogens is 3. The van der Waals surface area contributed by atoms with Crippen molar-refractivity contribution < 1.29 is 17.9 Å². The Hall–Kier alpha value is -4.60. The molecule has 0 saturated carbocycles. The molecule has 0 bridgehead atoms. The molecule has 6 rings (SSSR count). The number of benzene rings is 3. The van der Waals surface area contributed by atoms with Crippen molar-refractivity contribution in [3.05, 3.63) is 108 Å². The zero-order valence-corrected chi connectivity index (χ0v) is 26.1. The second kappa shape index (κ2) is 12.2. The molecule has 0 amide bonds. The first-order valence-electron chi connectivity index (χ1n) is 14.6. The first-order valence-corrected chi connectivity index (χ1v) is 16.1. The van der Waals surface area contributed by atoms with Crippen molar-refractivity contribution >= 4 is 31.8 Å². The topological polar surface area (TPSA) is 98.2 Å². The van der Waals surface area contributed by atoms with Crippen molar-refractivity contribution in [2.75, 3.05) is 20.8 Å². The van der Waals surface area contributed by atoms with Gasteiger partial charge in [-0.15, -0.1) is 0 Å². The third-order valence-electron chi connectivity index (χ3n) is 8.11. The molecule has 1 unspecified atom stereocenters. The summed E-state index contributed by atoms with van der Waals surface area (Å²) < 4.78 is 41.6. The summed E-state index contributed by atoms with van der Waals surface area (Å²) in [6.45, 7) is 2.47. The van der Waals surface area contributed by atoms with Crippen LogP contribution in [0.1, 0.15) is 28.5 Å². The van der Waals surface area contributed by atoms with E-state index in [9.17, 15) is 8.42 Å². The molecule has 1 atom stereocenters. The molecule has 3 aromatic carbocycles. The number of methoxy groups -OCH3 is 2. The minimum atomic E-state index is -3.80. The van der Waals surface area contributed by atoms with Gasteiger partial charge in [0.25, 0.3) is 0 Å². The SMILES string of the molecule is COc1cc2c(-c3cc4c(C(NCCCc5ccccc5)S(=O)(=O)c5ccc(C)cc5)ccnc4[nH]3)cn(C)c2cc1OC. The van der Waals surface area contributed by atoms with Crippen molar-refractivity contribution in [1.29, 1.82) is 0 Å². The monoisotopic (exact) mass is 608 g/mol. The van der Waals surface area contributed by atoms with Crippen molar-refractivity contribution in [3.63, 3.8) is 0 Å². The number of sulfone groups is 1. The van der Waals surface area contributed by atoms with Crippen LogP contribution in [0.4, 0.5) is 0 Å². The van der Waals surface area contributed by atoms with Gasteiger partial charge in [-0.1, -0.05) is 48.0 Å². The summed E-state index contributed by atoms with van der Waals surface area (Å²) in [7, 11) is 1.42. The van der Waals surface area contributed by atoms with Gasteiger partial charge < -0.3 is 19.0 Å². The zero-order valence-electron chi connectivity index (χ0n) is 25.3. The molecule has 6 aromatic rings. The number of nitrogens with one attached hydrogen (secondary N) is 2. The van der Waals surface area contributed by atoms with E-state index in [0.717, 1.165) is 46.0 Å². The minimum Gasteiger partial charge on any atom is -0.493 e. The number of aromatic amines is 1. The Kier molecular flexibility index (Phi) is 8.16. The van der Waals surface area contributed by atoms with Crippen LogP contribution < -0.4 is 14.8 Å². The lowest BCUT2D eigenvalue weighted by molar-refractivity contribution is 0.355. The fraction of sp³-hybridized carbons (Fsp3) is 0.229. The van der Waals surface area contributed by atoms with E-state index in [4.69, 9.17) is 9.47 Å². The van der Waals surface area contributed by atoms with Gasteiger partial charge in [-0.3, -0.25) is 5.32 Å². The van der Waals surface area contributed by atoms with Crippen LogP contribution in [0.3, 0.4) is 0 Å². The normalized spacial score (nSPS) is 12.5. The van der Waals surface area contributed by atoms with E-state index >= 15 is 0 Å². The van der Waals surface area contributed by atoms with Gasteiger partial charge in [-0.25, -0.2) is 13.4 Å². The Morgan fingerprint density at radius 1 is 0.932 bits per heavy atom. The molecule has 0 fully saturated rings. The molecule has 0 radical (unpaired) electrons. The first-order chi connectivity index (χ1) is 21.3. The standard InChI is InChI=1S/C35H36N4O4S/c1-23-12-14-25(15-13-23)44(40,41)35(37-17-8-11-24-9-6-5-7-10-24)26-16-18-36-34-28(26)19-30(38-34)29-22-39(2)31-21-33(43-4)32(42-3)20-27(29)31/h5-7,9-10,12-16,18-22,35,37H,8,11,17H2,1-4H3,(H,36,38). The number of fused-ring (bicyclic) bond motifs is 2. The Bertz CT molecular complexity index is 2030. The van der Waals surface area contributed by atoms with Crippen LogP contribution in [0.15, 0.2) is 96.2 Å². The van der Waals surface area contributed by atoms with Gasteiger partial charge in [0.05, 0.1) is 24.6 Å². The molecular weight excluding hydrogens is 572 g/mol. The lowest BCUT2D eigenvalue weighted by Gasteiger charge is -2.21. The zero-order chi connectivity index (χ0) is 30.8. The summed E-state index contributed by atoms with van der Waals surface area (Å²) in [5.41, 5.74) is 6.24. The Morgan fingerprint density at radius 2 is 1.66 bits per heavy atom. The third kappa shape index (κ3) is 5.56. The van der Waals surface area contributed by atoms with Crippen molar-refractivity contribution in [2.24, 2.45) is 7.05 Å². The van der Waals surface area contributed by atoms with Gasteiger partial charge in [0.1, 0.15) is 11.0 Å². The van der Waals surface area contributed by atoms with Crippen LogP contribution in [0.25, 0.3) is 33.2 Å². The average molecular weight is 609 g/mol. The Labute approximate surface area is 257 Å². The first kappa shape index (κ1) is 29.5. The largest absolute Gasteiger partial charge is 0.493 e. The number of nitrogens with zero attached hydrogens (tertiary/aromatic N) is 2. The fourth-order valence-electron chi connectivity index (χ4n) is 5.77. The van der Waals surface area contributed by atoms with Gasteiger partial charge in [-0.05, 0) is 67.8 Å². The molecule has 3 heterocycles.